The van der Waals surface area contributed by atoms with Crippen molar-refractivity contribution in [2.24, 2.45) is 0 Å². The molecule has 3 heteroatoms. The molecule has 1 aliphatic rings. The second kappa shape index (κ2) is 3.66. The lowest BCUT2D eigenvalue weighted by Gasteiger charge is -2.28. The summed E-state index contributed by atoms with van der Waals surface area (Å²) in [4.78, 5) is 11.0. The van der Waals surface area contributed by atoms with E-state index in [2.05, 4.69) is 18.3 Å². The van der Waals surface area contributed by atoms with E-state index >= 15 is 0 Å². The molecule has 1 aliphatic heterocycles. The molecule has 0 bridgehead atoms. The van der Waals surface area contributed by atoms with Crippen LogP contribution in [0.25, 0.3) is 0 Å². The first-order valence-electron chi connectivity index (χ1n) is 5.16. The first-order valence-corrected chi connectivity index (χ1v) is 5.16. The first-order chi connectivity index (χ1) is 7.09. The zero-order valence-electron chi connectivity index (χ0n) is 8.95. The summed E-state index contributed by atoms with van der Waals surface area (Å²) in [6.45, 7) is 4.88. The van der Waals surface area contributed by atoms with Crippen LogP contribution in [0.15, 0.2) is 18.2 Å². The van der Waals surface area contributed by atoms with E-state index < -0.39 is 12.0 Å². The number of aryl methyl sites for hydroxylation is 1. The quantitative estimate of drug-likeness (QED) is 0.735. The van der Waals surface area contributed by atoms with Crippen molar-refractivity contribution in [3.8, 4) is 0 Å². The number of carbonyl (C=O) groups is 1. The number of nitrogens with one attached hydrogen (secondary N) is 1. The Morgan fingerprint density at radius 1 is 1.47 bits per heavy atom. The third-order valence-electron chi connectivity index (χ3n) is 2.96. The van der Waals surface area contributed by atoms with Crippen LogP contribution in [0.1, 0.15) is 35.6 Å². The Morgan fingerprint density at radius 3 is 2.87 bits per heavy atom. The summed E-state index contributed by atoms with van der Waals surface area (Å²) in [5.41, 5.74) is 3.26. The standard InChI is InChI=1S/C12H15NO2/c1-7-3-4-9-10(5-7)8(2)6-13-11(9)12(14)15/h3-5,8,11,13H,6H2,1-2H3,(H,14,15)/t8-,11+/m0/s1. The van der Waals surface area contributed by atoms with Gasteiger partial charge in [0.1, 0.15) is 6.04 Å². The van der Waals surface area contributed by atoms with Crippen molar-refractivity contribution in [1.29, 1.82) is 0 Å². The van der Waals surface area contributed by atoms with Gasteiger partial charge >= 0.3 is 5.97 Å². The van der Waals surface area contributed by atoms with E-state index in [0.29, 0.717) is 5.92 Å². The Morgan fingerprint density at radius 2 is 2.20 bits per heavy atom. The summed E-state index contributed by atoms with van der Waals surface area (Å²) in [6.07, 6.45) is 0. The average Bonchev–Trinajstić information content (AvgIpc) is 2.19. The van der Waals surface area contributed by atoms with E-state index in [1.165, 1.54) is 11.1 Å². The summed E-state index contributed by atoms with van der Waals surface area (Å²) in [6, 6.07) is 5.44. The van der Waals surface area contributed by atoms with Crippen molar-refractivity contribution in [1.82, 2.24) is 5.32 Å². The molecule has 0 unspecified atom stereocenters. The summed E-state index contributed by atoms with van der Waals surface area (Å²) >= 11 is 0. The van der Waals surface area contributed by atoms with Crippen LogP contribution < -0.4 is 5.32 Å². The highest BCUT2D eigenvalue weighted by Gasteiger charge is 2.28. The largest absolute Gasteiger partial charge is 0.480 e. The van der Waals surface area contributed by atoms with E-state index in [9.17, 15) is 4.79 Å². The molecule has 80 valence electrons. The second-order valence-corrected chi connectivity index (χ2v) is 4.21. The molecule has 0 spiro atoms. The van der Waals surface area contributed by atoms with Gasteiger partial charge < -0.3 is 10.4 Å². The molecule has 0 aromatic heterocycles. The Kier molecular flexibility index (Phi) is 2.49. The van der Waals surface area contributed by atoms with E-state index in [1.807, 2.05) is 19.1 Å². The fraction of sp³-hybridized carbons (Fsp3) is 0.417. The number of benzene rings is 1. The van der Waals surface area contributed by atoms with Gasteiger partial charge in [0.05, 0.1) is 0 Å². The van der Waals surface area contributed by atoms with Crippen molar-refractivity contribution < 1.29 is 9.90 Å². The number of aliphatic carboxylic acids is 1. The maximum absolute atomic E-state index is 11.0. The van der Waals surface area contributed by atoms with Crippen LogP contribution in [0, 0.1) is 6.92 Å². The average molecular weight is 205 g/mol. The summed E-state index contributed by atoms with van der Waals surface area (Å²) < 4.78 is 0. The van der Waals surface area contributed by atoms with Crippen LogP contribution in [0.5, 0.6) is 0 Å². The molecular formula is C12H15NO2. The fourth-order valence-corrected chi connectivity index (χ4v) is 2.12. The third-order valence-corrected chi connectivity index (χ3v) is 2.96. The molecule has 1 heterocycles. The lowest BCUT2D eigenvalue weighted by Crippen LogP contribution is -2.36. The summed E-state index contributed by atoms with van der Waals surface area (Å²) in [5, 5.41) is 12.1. The predicted molar refractivity (Wildman–Crippen MR) is 58.0 cm³/mol. The zero-order valence-corrected chi connectivity index (χ0v) is 8.95. The van der Waals surface area contributed by atoms with E-state index in [1.54, 1.807) is 0 Å². The number of fused-ring (bicyclic) bond motifs is 1. The molecule has 0 fully saturated rings. The highest BCUT2D eigenvalue weighted by molar-refractivity contribution is 5.76. The Balaban J connectivity index is 2.50. The van der Waals surface area contributed by atoms with Crippen LogP contribution in [0.3, 0.4) is 0 Å². The van der Waals surface area contributed by atoms with Crippen molar-refractivity contribution in [2.45, 2.75) is 25.8 Å². The van der Waals surface area contributed by atoms with E-state index in [4.69, 9.17) is 5.11 Å². The molecule has 0 saturated heterocycles. The molecule has 0 radical (unpaired) electrons. The van der Waals surface area contributed by atoms with Crippen LogP contribution >= 0.6 is 0 Å². The minimum atomic E-state index is -0.799. The van der Waals surface area contributed by atoms with Crippen molar-refractivity contribution in [3.63, 3.8) is 0 Å². The molecule has 1 aromatic carbocycles. The Labute approximate surface area is 89.1 Å². The lowest BCUT2D eigenvalue weighted by atomic mass is 9.86. The minimum Gasteiger partial charge on any atom is -0.480 e. The van der Waals surface area contributed by atoms with Crippen molar-refractivity contribution in [2.75, 3.05) is 6.54 Å². The van der Waals surface area contributed by atoms with Crippen LogP contribution in [0.4, 0.5) is 0 Å². The van der Waals surface area contributed by atoms with Crippen molar-refractivity contribution >= 4 is 5.97 Å². The topological polar surface area (TPSA) is 49.3 Å². The monoisotopic (exact) mass is 205 g/mol. The molecule has 0 aliphatic carbocycles. The van der Waals surface area contributed by atoms with E-state index in [0.717, 1.165) is 12.1 Å². The first kappa shape index (κ1) is 10.2. The zero-order chi connectivity index (χ0) is 11.0. The van der Waals surface area contributed by atoms with Gasteiger partial charge in [-0.15, -0.1) is 0 Å². The number of hydrogen-bond donors (Lipinski definition) is 2. The normalized spacial score (nSPS) is 24.7. The molecule has 2 rings (SSSR count). The third kappa shape index (κ3) is 1.75. The van der Waals surface area contributed by atoms with Gasteiger partial charge in [0.15, 0.2) is 0 Å². The maximum atomic E-state index is 11.0. The minimum absolute atomic E-state index is 0.385. The van der Waals surface area contributed by atoms with Gasteiger partial charge in [-0.3, -0.25) is 4.79 Å². The molecule has 15 heavy (non-hydrogen) atoms. The number of carboxylic acids is 1. The van der Waals surface area contributed by atoms with Gasteiger partial charge in [0, 0.05) is 6.54 Å². The van der Waals surface area contributed by atoms with Gasteiger partial charge in [-0.2, -0.15) is 0 Å². The van der Waals surface area contributed by atoms with Gasteiger partial charge in [-0.05, 0) is 24.0 Å². The molecular weight excluding hydrogens is 190 g/mol. The van der Waals surface area contributed by atoms with Crippen LogP contribution in [-0.2, 0) is 4.79 Å². The van der Waals surface area contributed by atoms with Gasteiger partial charge in [-0.25, -0.2) is 0 Å². The van der Waals surface area contributed by atoms with Gasteiger partial charge in [-0.1, -0.05) is 30.7 Å². The van der Waals surface area contributed by atoms with Gasteiger partial charge in [0.2, 0.25) is 0 Å². The van der Waals surface area contributed by atoms with Crippen LogP contribution in [-0.4, -0.2) is 17.6 Å². The summed E-state index contributed by atoms with van der Waals surface area (Å²) in [7, 11) is 0. The maximum Gasteiger partial charge on any atom is 0.325 e. The number of carboxylic acid groups (broad SMARTS) is 1. The smallest absolute Gasteiger partial charge is 0.325 e. The number of hydrogen-bond acceptors (Lipinski definition) is 2. The molecule has 2 atom stereocenters. The van der Waals surface area contributed by atoms with Crippen molar-refractivity contribution in [3.05, 3.63) is 34.9 Å². The fourth-order valence-electron chi connectivity index (χ4n) is 2.12. The number of rotatable bonds is 1. The predicted octanol–water partition coefficient (Wildman–Crippen LogP) is 1.83. The second-order valence-electron chi connectivity index (χ2n) is 4.21. The Hall–Kier alpha value is -1.35. The van der Waals surface area contributed by atoms with Gasteiger partial charge in [0.25, 0.3) is 0 Å². The molecule has 2 N–H and O–H groups in total. The molecule has 3 nitrogen and oxygen atoms in total. The summed E-state index contributed by atoms with van der Waals surface area (Å²) in [5.74, 6) is -0.414. The Bertz CT molecular complexity index is 401. The molecule has 1 aromatic rings. The SMILES string of the molecule is Cc1ccc2c(c1)[C@@H](C)CN[C@H]2C(=O)O. The van der Waals surface area contributed by atoms with E-state index in [-0.39, 0.29) is 0 Å². The lowest BCUT2D eigenvalue weighted by molar-refractivity contribution is -0.139. The highest BCUT2D eigenvalue weighted by atomic mass is 16.4. The molecule has 0 amide bonds. The molecule has 0 saturated carbocycles. The van der Waals surface area contributed by atoms with Crippen LogP contribution in [0.2, 0.25) is 0 Å². The highest BCUT2D eigenvalue weighted by Crippen LogP contribution is 2.30.